The summed E-state index contributed by atoms with van der Waals surface area (Å²) in [5.41, 5.74) is 0. The van der Waals surface area contributed by atoms with E-state index in [1.807, 2.05) is 7.05 Å². The van der Waals surface area contributed by atoms with Gasteiger partial charge in [0.2, 0.25) is 0 Å². The van der Waals surface area contributed by atoms with E-state index in [1.54, 1.807) is 0 Å². The first-order valence-electron chi connectivity index (χ1n) is 9.71. The van der Waals surface area contributed by atoms with Gasteiger partial charge in [-0.2, -0.15) is 0 Å². The Morgan fingerprint density at radius 3 is 1.48 bits per heavy atom. The van der Waals surface area contributed by atoms with Gasteiger partial charge < -0.3 is 5.32 Å². The molecular formula is C20H41N. The maximum absolute atomic E-state index is 3.21. The molecule has 0 saturated heterocycles. The summed E-state index contributed by atoms with van der Waals surface area (Å²) in [6, 6.07) is 0. The molecule has 0 aliphatic rings. The third kappa shape index (κ3) is 19.7. The second-order valence-electron chi connectivity index (χ2n) is 6.39. The lowest BCUT2D eigenvalue weighted by Crippen LogP contribution is -2.06. The Bertz CT molecular complexity index is 198. The molecule has 0 unspecified atom stereocenters. The van der Waals surface area contributed by atoms with Gasteiger partial charge in [0.25, 0.3) is 0 Å². The summed E-state index contributed by atoms with van der Waals surface area (Å²) < 4.78 is 0. The predicted molar refractivity (Wildman–Crippen MR) is 98.0 cm³/mol. The molecule has 0 radical (unpaired) electrons. The van der Waals surface area contributed by atoms with Crippen molar-refractivity contribution in [2.45, 2.75) is 103 Å². The van der Waals surface area contributed by atoms with Gasteiger partial charge in [0.1, 0.15) is 0 Å². The molecule has 0 fully saturated rings. The van der Waals surface area contributed by atoms with Crippen molar-refractivity contribution in [3.63, 3.8) is 0 Å². The Morgan fingerprint density at radius 2 is 1.00 bits per heavy atom. The number of hydrogen-bond acceptors (Lipinski definition) is 1. The van der Waals surface area contributed by atoms with Gasteiger partial charge in [-0.25, -0.2) is 0 Å². The molecule has 1 nitrogen and oxygen atoms in total. The highest BCUT2D eigenvalue weighted by molar-refractivity contribution is 4.81. The van der Waals surface area contributed by atoms with E-state index in [0.717, 1.165) is 0 Å². The van der Waals surface area contributed by atoms with Crippen molar-refractivity contribution in [1.29, 1.82) is 0 Å². The molecule has 0 spiro atoms. The molecule has 0 aromatic rings. The lowest BCUT2D eigenvalue weighted by Gasteiger charge is -2.01. The van der Waals surface area contributed by atoms with Crippen molar-refractivity contribution in [2.24, 2.45) is 0 Å². The Kier molecular flexibility index (Phi) is 19.4. The summed E-state index contributed by atoms with van der Waals surface area (Å²) in [7, 11) is 2.04. The van der Waals surface area contributed by atoms with Crippen LogP contribution in [0, 0.1) is 0 Å². The molecule has 0 aliphatic heterocycles. The Balaban J connectivity index is 3.02. The molecule has 0 aromatic carbocycles. The van der Waals surface area contributed by atoms with Crippen LogP contribution in [-0.2, 0) is 0 Å². The van der Waals surface area contributed by atoms with E-state index < -0.39 is 0 Å². The molecule has 0 aromatic heterocycles. The summed E-state index contributed by atoms with van der Waals surface area (Å²) in [5, 5.41) is 3.21. The minimum absolute atomic E-state index is 1.18. The maximum Gasteiger partial charge on any atom is -0.00519 e. The largest absolute Gasteiger partial charge is 0.320 e. The molecule has 0 bridgehead atoms. The van der Waals surface area contributed by atoms with Gasteiger partial charge in [0.15, 0.2) is 0 Å². The van der Waals surface area contributed by atoms with Crippen LogP contribution in [-0.4, -0.2) is 13.6 Å². The highest BCUT2D eigenvalue weighted by Crippen LogP contribution is 2.10. The topological polar surface area (TPSA) is 12.0 Å². The van der Waals surface area contributed by atoms with E-state index in [-0.39, 0.29) is 0 Å². The average molecular weight is 296 g/mol. The van der Waals surface area contributed by atoms with E-state index in [2.05, 4.69) is 24.4 Å². The second kappa shape index (κ2) is 19.7. The first-order valence-corrected chi connectivity index (χ1v) is 9.71. The molecule has 1 N–H and O–H groups in total. The highest BCUT2D eigenvalue weighted by Gasteiger charge is 1.91. The summed E-state index contributed by atoms with van der Waals surface area (Å²) in [5.74, 6) is 0. The lowest BCUT2D eigenvalue weighted by atomic mass is 10.1. The third-order valence-electron chi connectivity index (χ3n) is 4.19. The van der Waals surface area contributed by atoms with E-state index in [1.165, 1.54) is 103 Å². The standard InChI is InChI=1S/C20H41N/c1-3-4-5-6-7-8-9-10-11-12-13-14-15-16-17-18-19-20-21-2/h10-11,21H,3-9,12-20H2,1-2H3/b11-10-. The van der Waals surface area contributed by atoms with Gasteiger partial charge in [0, 0.05) is 0 Å². The fraction of sp³-hybridized carbons (Fsp3) is 0.900. The average Bonchev–Trinajstić information content (AvgIpc) is 2.50. The van der Waals surface area contributed by atoms with Crippen LogP contribution in [0.1, 0.15) is 103 Å². The molecule has 21 heavy (non-hydrogen) atoms. The van der Waals surface area contributed by atoms with Gasteiger partial charge in [-0.05, 0) is 45.7 Å². The maximum atomic E-state index is 3.21. The summed E-state index contributed by atoms with van der Waals surface area (Å²) in [6.07, 6.45) is 25.8. The SMILES string of the molecule is CCCCCCCC/C=C\CCCCCCCCCNC. The van der Waals surface area contributed by atoms with E-state index in [0.29, 0.717) is 0 Å². The first-order chi connectivity index (χ1) is 10.4. The molecule has 0 rings (SSSR count). The molecule has 1 heteroatoms. The molecule has 0 amide bonds. The Morgan fingerprint density at radius 1 is 0.571 bits per heavy atom. The number of allylic oxidation sites excluding steroid dienone is 2. The fourth-order valence-electron chi connectivity index (χ4n) is 2.73. The van der Waals surface area contributed by atoms with Crippen LogP contribution in [0.5, 0.6) is 0 Å². The van der Waals surface area contributed by atoms with Gasteiger partial charge in [-0.15, -0.1) is 0 Å². The number of unbranched alkanes of at least 4 members (excludes halogenated alkanes) is 13. The van der Waals surface area contributed by atoms with Crippen molar-refractivity contribution in [3.8, 4) is 0 Å². The van der Waals surface area contributed by atoms with Crippen molar-refractivity contribution in [3.05, 3.63) is 12.2 Å². The van der Waals surface area contributed by atoms with Crippen molar-refractivity contribution in [1.82, 2.24) is 5.32 Å². The molecular weight excluding hydrogens is 254 g/mol. The van der Waals surface area contributed by atoms with Crippen LogP contribution >= 0.6 is 0 Å². The minimum Gasteiger partial charge on any atom is -0.320 e. The third-order valence-corrected chi connectivity index (χ3v) is 4.19. The van der Waals surface area contributed by atoms with Crippen LogP contribution in [0.15, 0.2) is 12.2 Å². The second-order valence-corrected chi connectivity index (χ2v) is 6.39. The summed E-state index contributed by atoms with van der Waals surface area (Å²) >= 11 is 0. The number of nitrogens with one attached hydrogen (secondary N) is 1. The fourth-order valence-corrected chi connectivity index (χ4v) is 2.73. The summed E-state index contributed by atoms with van der Waals surface area (Å²) in [6.45, 7) is 3.47. The smallest absolute Gasteiger partial charge is 0.00519 e. The van der Waals surface area contributed by atoms with Crippen LogP contribution in [0.3, 0.4) is 0 Å². The number of rotatable bonds is 17. The first kappa shape index (κ1) is 20.7. The van der Waals surface area contributed by atoms with Gasteiger partial charge in [-0.3, -0.25) is 0 Å². The summed E-state index contributed by atoms with van der Waals surface area (Å²) in [4.78, 5) is 0. The van der Waals surface area contributed by atoms with Crippen LogP contribution in [0.4, 0.5) is 0 Å². The van der Waals surface area contributed by atoms with Gasteiger partial charge in [0.05, 0.1) is 0 Å². The Hall–Kier alpha value is -0.300. The zero-order valence-corrected chi connectivity index (χ0v) is 15.0. The monoisotopic (exact) mass is 295 g/mol. The van der Waals surface area contributed by atoms with Crippen LogP contribution in [0.2, 0.25) is 0 Å². The van der Waals surface area contributed by atoms with E-state index >= 15 is 0 Å². The normalized spacial score (nSPS) is 11.5. The van der Waals surface area contributed by atoms with Gasteiger partial charge in [-0.1, -0.05) is 83.3 Å². The Labute approximate surface area is 135 Å². The molecule has 0 heterocycles. The molecule has 0 atom stereocenters. The molecule has 0 saturated carbocycles. The van der Waals surface area contributed by atoms with Gasteiger partial charge >= 0.3 is 0 Å². The predicted octanol–water partition coefficient (Wildman–Crippen LogP) is 6.63. The van der Waals surface area contributed by atoms with E-state index in [9.17, 15) is 0 Å². The quantitative estimate of drug-likeness (QED) is 0.234. The van der Waals surface area contributed by atoms with E-state index in [4.69, 9.17) is 0 Å². The van der Waals surface area contributed by atoms with Crippen molar-refractivity contribution in [2.75, 3.05) is 13.6 Å². The highest BCUT2D eigenvalue weighted by atomic mass is 14.8. The van der Waals surface area contributed by atoms with Crippen molar-refractivity contribution >= 4 is 0 Å². The minimum atomic E-state index is 1.18. The zero-order valence-electron chi connectivity index (χ0n) is 15.0. The zero-order chi connectivity index (χ0) is 15.4. The van der Waals surface area contributed by atoms with Crippen LogP contribution < -0.4 is 5.32 Å². The van der Waals surface area contributed by atoms with Crippen LogP contribution in [0.25, 0.3) is 0 Å². The lowest BCUT2D eigenvalue weighted by molar-refractivity contribution is 0.571. The van der Waals surface area contributed by atoms with Crippen molar-refractivity contribution < 1.29 is 0 Å². The molecule has 0 aliphatic carbocycles. The molecule has 126 valence electrons. The number of hydrogen-bond donors (Lipinski definition) is 1.